The maximum atomic E-state index is 5.73. The molecule has 1 aromatic carbocycles. The maximum Gasteiger partial charge on any atom is 0.123 e. The van der Waals surface area contributed by atoms with E-state index in [4.69, 9.17) is 4.74 Å². The molecule has 0 aliphatic carbocycles. The van der Waals surface area contributed by atoms with Gasteiger partial charge in [0.1, 0.15) is 5.75 Å². The Bertz CT molecular complexity index is 396. The van der Waals surface area contributed by atoms with Crippen LogP contribution >= 0.6 is 0 Å². The molecule has 1 heteroatoms. The van der Waals surface area contributed by atoms with Crippen molar-refractivity contribution in [2.24, 2.45) is 0 Å². The molecule has 16 heavy (non-hydrogen) atoms. The van der Waals surface area contributed by atoms with E-state index < -0.39 is 0 Å². The summed E-state index contributed by atoms with van der Waals surface area (Å²) in [7, 11) is 0. The van der Waals surface area contributed by atoms with Crippen LogP contribution in [0.25, 0.3) is 0 Å². The molecule has 0 amide bonds. The third kappa shape index (κ3) is 1.95. The Morgan fingerprint density at radius 1 is 1.19 bits per heavy atom. The van der Waals surface area contributed by atoms with Gasteiger partial charge >= 0.3 is 0 Å². The molecule has 1 aliphatic rings. The van der Waals surface area contributed by atoms with Gasteiger partial charge in [0.25, 0.3) is 0 Å². The van der Waals surface area contributed by atoms with Crippen molar-refractivity contribution in [3.05, 3.63) is 29.3 Å². The lowest BCUT2D eigenvalue weighted by Gasteiger charge is -2.34. The average molecular weight is 218 g/mol. The Kier molecular flexibility index (Phi) is 2.52. The van der Waals surface area contributed by atoms with Crippen molar-refractivity contribution in [1.82, 2.24) is 0 Å². The molecule has 0 fully saturated rings. The van der Waals surface area contributed by atoms with Crippen LogP contribution in [0, 0.1) is 0 Å². The van der Waals surface area contributed by atoms with Crippen LogP contribution in [-0.2, 0) is 10.8 Å². The van der Waals surface area contributed by atoms with Crippen molar-refractivity contribution >= 4 is 0 Å². The molecule has 0 aromatic heterocycles. The zero-order valence-electron chi connectivity index (χ0n) is 11.1. The fraction of sp³-hybridized carbons (Fsp3) is 0.600. The molecule has 0 saturated heterocycles. The number of rotatable bonds is 0. The van der Waals surface area contributed by atoms with Crippen molar-refractivity contribution in [2.75, 3.05) is 6.61 Å². The molecular formula is C15H22O. The molecule has 0 atom stereocenters. The van der Waals surface area contributed by atoms with Crippen molar-refractivity contribution in [2.45, 2.75) is 51.9 Å². The summed E-state index contributed by atoms with van der Waals surface area (Å²) in [5, 5.41) is 0. The average Bonchev–Trinajstić information content (AvgIpc) is 2.15. The van der Waals surface area contributed by atoms with Crippen LogP contribution in [0.15, 0.2) is 18.2 Å². The highest BCUT2D eigenvalue weighted by Crippen LogP contribution is 2.40. The summed E-state index contributed by atoms with van der Waals surface area (Å²) < 4.78 is 5.73. The molecule has 0 unspecified atom stereocenters. The number of hydrogen-bond acceptors (Lipinski definition) is 1. The number of fused-ring (bicyclic) bond motifs is 1. The minimum atomic E-state index is 0.211. The molecule has 1 aromatic rings. The highest BCUT2D eigenvalue weighted by atomic mass is 16.5. The summed E-state index contributed by atoms with van der Waals surface area (Å²) in [5.74, 6) is 1.07. The zero-order valence-corrected chi connectivity index (χ0v) is 11.1. The molecule has 88 valence electrons. The molecule has 2 rings (SSSR count). The van der Waals surface area contributed by atoms with Crippen LogP contribution in [0.3, 0.4) is 0 Å². The van der Waals surface area contributed by atoms with Gasteiger partial charge in [-0.25, -0.2) is 0 Å². The molecule has 0 N–H and O–H groups in total. The first kappa shape index (κ1) is 11.5. The standard InChI is InChI=1S/C15H22O/c1-14(2,3)11-6-7-13-12(10-11)15(4,5)8-9-16-13/h6-7,10H,8-9H2,1-5H3. The molecule has 0 saturated carbocycles. The van der Waals surface area contributed by atoms with Gasteiger partial charge in [-0.05, 0) is 28.9 Å². The Balaban J connectivity index is 2.52. The van der Waals surface area contributed by atoms with Gasteiger partial charge in [0, 0.05) is 5.56 Å². The third-order valence-electron chi connectivity index (χ3n) is 3.56. The van der Waals surface area contributed by atoms with Crippen LogP contribution in [0.5, 0.6) is 5.75 Å². The molecule has 1 nitrogen and oxygen atoms in total. The Morgan fingerprint density at radius 2 is 1.88 bits per heavy atom. The summed E-state index contributed by atoms with van der Waals surface area (Å²) in [6, 6.07) is 6.66. The van der Waals surface area contributed by atoms with E-state index in [-0.39, 0.29) is 10.8 Å². The first-order chi connectivity index (χ1) is 7.31. The van der Waals surface area contributed by atoms with E-state index in [1.807, 2.05) is 0 Å². The lowest BCUT2D eigenvalue weighted by Crippen LogP contribution is -2.27. The van der Waals surface area contributed by atoms with Crippen molar-refractivity contribution in [3.63, 3.8) is 0 Å². The fourth-order valence-electron chi connectivity index (χ4n) is 2.20. The molecule has 1 heterocycles. The second-order valence-electron chi connectivity index (χ2n) is 6.44. The van der Waals surface area contributed by atoms with Crippen LogP contribution < -0.4 is 4.74 Å². The van der Waals surface area contributed by atoms with Crippen LogP contribution in [0.1, 0.15) is 52.2 Å². The number of hydrogen-bond donors (Lipinski definition) is 0. The molecule has 0 bridgehead atoms. The second kappa shape index (κ2) is 3.51. The van der Waals surface area contributed by atoms with Gasteiger partial charge in [0.2, 0.25) is 0 Å². The van der Waals surface area contributed by atoms with Crippen LogP contribution in [0.2, 0.25) is 0 Å². The summed E-state index contributed by atoms with van der Waals surface area (Å²) >= 11 is 0. The minimum Gasteiger partial charge on any atom is -0.493 e. The SMILES string of the molecule is CC(C)(C)c1ccc2c(c1)C(C)(C)CCO2. The Morgan fingerprint density at radius 3 is 2.50 bits per heavy atom. The molecule has 0 radical (unpaired) electrons. The van der Waals surface area contributed by atoms with Crippen molar-refractivity contribution in [1.29, 1.82) is 0 Å². The Hall–Kier alpha value is -0.980. The molecule has 1 aliphatic heterocycles. The minimum absolute atomic E-state index is 0.211. The van der Waals surface area contributed by atoms with Gasteiger partial charge in [-0.1, -0.05) is 46.8 Å². The lowest BCUT2D eigenvalue weighted by molar-refractivity contribution is 0.233. The van der Waals surface area contributed by atoms with E-state index in [1.165, 1.54) is 11.1 Å². The van der Waals surface area contributed by atoms with Gasteiger partial charge in [-0.2, -0.15) is 0 Å². The largest absolute Gasteiger partial charge is 0.493 e. The second-order valence-corrected chi connectivity index (χ2v) is 6.44. The van der Waals surface area contributed by atoms with E-state index in [0.29, 0.717) is 0 Å². The predicted molar refractivity (Wildman–Crippen MR) is 68.3 cm³/mol. The van der Waals surface area contributed by atoms with E-state index in [0.717, 1.165) is 18.8 Å². The van der Waals surface area contributed by atoms with Gasteiger partial charge in [-0.3, -0.25) is 0 Å². The summed E-state index contributed by atoms with van der Waals surface area (Å²) in [6.45, 7) is 12.2. The van der Waals surface area contributed by atoms with Crippen LogP contribution in [-0.4, -0.2) is 6.61 Å². The van der Waals surface area contributed by atoms with Crippen molar-refractivity contribution < 1.29 is 4.74 Å². The number of benzene rings is 1. The summed E-state index contributed by atoms with van der Waals surface area (Å²) in [6.07, 6.45) is 1.10. The zero-order chi connectivity index (χ0) is 12.0. The first-order valence-electron chi connectivity index (χ1n) is 6.08. The molecule has 0 spiro atoms. The topological polar surface area (TPSA) is 9.23 Å². The van der Waals surface area contributed by atoms with E-state index >= 15 is 0 Å². The smallest absolute Gasteiger partial charge is 0.123 e. The quantitative estimate of drug-likeness (QED) is 0.638. The normalized spacial score (nSPS) is 18.8. The summed E-state index contributed by atoms with van der Waals surface area (Å²) in [4.78, 5) is 0. The van der Waals surface area contributed by atoms with E-state index in [1.54, 1.807) is 0 Å². The fourth-order valence-corrected chi connectivity index (χ4v) is 2.20. The Labute approximate surface area is 98.8 Å². The number of ether oxygens (including phenoxy) is 1. The van der Waals surface area contributed by atoms with E-state index in [2.05, 4.69) is 52.8 Å². The summed E-state index contributed by atoms with van der Waals surface area (Å²) in [5.41, 5.74) is 3.22. The van der Waals surface area contributed by atoms with Gasteiger partial charge in [0.15, 0.2) is 0 Å². The van der Waals surface area contributed by atoms with E-state index in [9.17, 15) is 0 Å². The maximum absolute atomic E-state index is 5.73. The lowest BCUT2D eigenvalue weighted by atomic mass is 9.76. The predicted octanol–water partition coefficient (Wildman–Crippen LogP) is 4.04. The van der Waals surface area contributed by atoms with Gasteiger partial charge in [0.05, 0.1) is 6.61 Å². The van der Waals surface area contributed by atoms with Crippen molar-refractivity contribution in [3.8, 4) is 5.75 Å². The highest BCUT2D eigenvalue weighted by Gasteiger charge is 2.29. The van der Waals surface area contributed by atoms with Gasteiger partial charge in [-0.15, -0.1) is 0 Å². The highest BCUT2D eigenvalue weighted by molar-refractivity contribution is 5.44. The third-order valence-corrected chi connectivity index (χ3v) is 3.56. The van der Waals surface area contributed by atoms with Crippen LogP contribution in [0.4, 0.5) is 0 Å². The monoisotopic (exact) mass is 218 g/mol. The molecular weight excluding hydrogens is 196 g/mol. The first-order valence-corrected chi connectivity index (χ1v) is 6.08. The van der Waals surface area contributed by atoms with Gasteiger partial charge < -0.3 is 4.74 Å².